The summed E-state index contributed by atoms with van der Waals surface area (Å²) in [5.74, 6) is -0.0281. The lowest BCUT2D eigenvalue weighted by atomic mass is 9.78. The van der Waals surface area contributed by atoms with E-state index < -0.39 is 5.60 Å². The highest BCUT2D eigenvalue weighted by molar-refractivity contribution is 5.93. The third-order valence-corrected chi connectivity index (χ3v) is 4.95. The first-order chi connectivity index (χ1) is 12.6. The molecule has 26 heavy (non-hydrogen) atoms. The number of carbonyl (C=O) groups is 1. The molecule has 4 rings (SSSR count). The molecule has 3 nitrogen and oxygen atoms in total. The predicted octanol–water partition coefficient (Wildman–Crippen LogP) is 4.71. The van der Waals surface area contributed by atoms with Gasteiger partial charge in [0.2, 0.25) is 5.91 Å². The van der Waals surface area contributed by atoms with Crippen molar-refractivity contribution in [3.63, 3.8) is 0 Å². The van der Waals surface area contributed by atoms with Crippen LogP contribution in [0.4, 0.5) is 5.69 Å². The van der Waals surface area contributed by atoms with Crippen LogP contribution in [-0.4, -0.2) is 12.1 Å². The van der Waals surface area contributed by atoms with Crippen molar-refractivity contribution < 1.29 is 9.53 Å². The molecule has 0 saturated heterocycles. The van der Waals surface area contributed by atoms with E-state index in [1.54, 1.807) is 11.8 Å². The smallest absolute Gasteiger partial charge is 0.225 e. The van der Waals surface area contributed by atoms with Gasteiger partial charge in [-0.1, -0.05) is 78.9 Å². The Bertz CT molecular complexity index is 882. The van der Waals surface area contributed by atoms with Gasteiger partial charge in [0.15, 0.2) is 0 Å². The summed E-state index contributed by atoms with van der Waals surface area (Å²) in [4.78, 5) is 14.0. The highest BCUT2D eigenvalue weighted by Gasteiger charge is 2.46. The Labute approximate surface area is 153 Å². The number of rotatable bonds is 2. The fourth-order valence-electron chi connectivity index (χ4n) is 3.93. The lowest BCUT2D eigenvalue weighted by Gasteiger charge is -2.47. The van der Waals surface area contributed by atoms with Gasteiger partial charge in [0.05, 0.1) is 5.69 Å². The third kappa shape index (κ3) is 2.44. The molecule has 3 aromatic rings. The number of anilines is 1. The topological polar surface area (TPSA) is 29.5 Å². The van der Waals surface area contributed by atoms with E-state index in [1.807, 2.05) is 61.5 Å². The molecule has 1 heterocycles. The molecule has 3 heteroatoms. The summed E-state index contributed by atoms with van der Waals surface area (Å²) in [5.41, 5.74) is 3.21. The van der Waals surface area contributed by atoms with Crippen molar-refractivity contribution >= 4 is 11.6 Å². The van der Waals surface area contributed by atoms with Crippen molar-refractivity contribution in [2.45, 2.75) is 25.7 Å². The Morgan fingerprint density at radius 2 is 1.35 bits per heavy atom. The summed E-state index contributed by atoms with van der Waals surface area (Å²) in [5, 5.41) is 0. The average Bonchev–Trinajstić information content (AvgIpc) is 2.68. The molecule has 0 unspecified atom stereocenters. The molecule has 3 aromatic carbocycles. The van der Waals surface area contributed by atoms with Crippen LogP contribution >= 0.6 is 0 Å². The summed E-state index contributed by atoms with van der Waals surface area (Å²) < 4.78 is 6.65. The zero-order valence-electron chi connectivity index (χ0n) is 14.9. The molecule has 130 valence electrons. The van der Waals surface area contributed by atoms with Gasteiger partial charge in [-0.25, -0.2) is 0 Å². The summed E-state index contributed by atoms with van der Waals surface area (Å²) in [6, 6.07) is 28.4. The van der Waals surface area contributed by atoms with Crippen molar-refractivity contribution in [3.05, 3.63) is 102 Å². The van der Waals surface area contributed by atoms with Crippen LogP contribution in [-0.2, 0) is 15.1 Å². The number of hydrogen-bond acceptors (Lipinski definition) is 2. The molecular weight excluding hydrogens is 322 g/mol. The monoisotopic (exact) mass is 343 g/mol. The van der Waals surface area contributed by atoms with E-state index in [1.165, 1.54) is 0 Å². The minimum atomic E-state index is -0.759. The van der Waals surface area contributed by atoms with Crippen LogP contribution in [0.15, 0.2) is 84.9 Å². The Morgan fingerprint density at radius 1 is 0.846 bits per heavy atom. The number of ether oxygens (including phenoxy) is 1. The Morgan fingerprint density at radius 3 is 1.88 bits per heavy atom. The minimum Gasteiger partial charge on any atom is -0.338 e. The summed E-state index contributed by atoms with van der Waals surface area (Å²) in [6.45, 7) is 3.51. The predicted molar refractivity (Wildman–Crippen MR) is 103 cm³/mol. The number of benzene rings is 3. The number of fused-ring (bicyclic) bond motifs is 1. The van der Waals surface area contributed by atoms with E-state index in [9.17, 15) is 4.79 Å². The van der Waals surface area contributed by atoms with Gasteiger partial charge in [-0.15, -0.1) is 0 Å². The highest BCUT2D eigenvalue weighted by Crippen LogP contribution is 2.48. The first-order valence-corrected chi connectivity index (χ1v) is 8.83. The fourth-order valence-corrected chi connectivity index (χ4v) is 3.93. The molecule has 0 bridgehead atoms. The van der Waals surface area contributed by atoms with Gasteiger partial charge in [0.1, 0.15) is 11.8 Å². The van der Waals surface area contributed by atoms with Crippen molar-refractivity contribution in [3.8, 4) is 0 Å². The van der Waals surface area contributed by atoms with E-state index in [2.05, 4.69) is 30.3 Å². The highest BCUT2D eigenvalue weighted by atomic mass is 16.5. The Balaban J connectivity index is 2.06. The average molecular weight is 343 g/mol. The van der Waals surface area contributed by atoms with E-state index in [0.717, 1.165) is 22.4 Å². The zero-order valence-corrected chi connectivity index (χ0v) is 14.9. The standard InChI is InChI=1S/C23H21NO2/c1-17(25)24-18(2)26-23(19-11-5-3-6-12-19,20-13-7-4-8-14-20)21-15-9-10-16-22(21)24/h3-16,18H,1-2H3/t18-/m0/s1. The van der Waals surface area contributed by atoms with Crippen molar-refractivity contribution in [2.75, 3.05) is 4.90 Å². The largest absolute Gasteiger partial charge is 0.338 e. The fraction of sp³-hybridized carbons (Fsp3) is 0.174. The lowest BCUT2D eigenvalue weighted by molar-refractivity contribution is -0.122. The van der Waals surface area contributed by atoms with Gasteiger partial charge < -0.3 is 4.74 Å². The van der Waals surface area contributed by atoms with Crippen molar-refractivity contribution in [1.82, 2.24) is 0 Å². The van der Waals surface area contributed by atoms with Gasteiger partial charge in [-0.05, 0) is 24.1 Å². The molecule has 0 fully saturated rings. The van der Waals surface area contributed by atoms with Gasteiger partial charge in [0, 0.05) is 12.5 Å². The number of hydrogen-bond donors (Lipinski definition) is 0. The second kappa shape index (κ2) is 6.43. The van der Waals surface area contributed by atoms with Crippen molar-refractivity contribution in [1.29, 1.82) is 0 Å². The maximum atomic E-state index is 12.3. The molecule has 0 saturated carbocycles. The lowest BCUT2D eigenvalue weighted by Crippen LogP contribution is -2.51. The van der Waals surface area contributed by atoms with Crippen molar-refractivity contribution in [2.24, 2.45) is 0 Å². The first-order valence-electron chi connectivity index (χ1n) is 8.83. The SMILES string of the molecule is CC(=O)N1c2ccccc2C(c2ccccc2)(c2ccccc2)O[C@H]1C. The molecule has 0 N–H and O–H groups in total. The van der Waals surface area contributed by atoms with Crippen LogP contribution in [0, 0.1) is 0 Å². The molecular formula is C23H21NO2. The Kier molecular flexibility index (Phi) is 4.09. The first kappa shape index (κ1) is 16.6. The van der Waals surface area contributed by atoms with E-state index in [4.69, 9.17) is 4.74 Å². The maximum Gasteiger partial charge on any atom is 0.225 e. The normalized spacial score (nSPS) is 18.2. The molecule has 0 aliphatic carbocycles. The zero-order chi connectivity index (χ0) is 18.1. The number of amides is 1. The van der Waals surface area contributed by atoms with Crippen LogP contribution in [0.2, 0.25) is 0 Å². The van der Waals surface area contributed by atoms with Gasteiger partial charge in [-0.3, -0.25) is 9.69 Å². The quantitative estimate of drug-likeness (QED) is 0.674. The number of carbonyl (C=O) groups excluding carboxylic acids is 1. The summed E-state index contributed by atoms with van der Waals surface area (Å²) >= 11 is 0. The molecule has 0 spiro atoms. The van der Waals surface area contributed by atoms with Gasteiger partial charge in [-0.2, -0.15) is 0 Å². The third-order valence-electron chi connectivity index (χ3n) is 4.95. The second-order valence-corrected chi connectivity index (χ2v) is 6.54. The number of nitrogens with zero attached hydrogens (tertiary/aromatic N) is 1. The van der Waals surface area contributed by atoms with Crippen LogP contribution < -0.4 is 4.90 Å². The van der Waals surface area contributed by atoms with Gasteiger partial charge >= 0.3 is 0 Å². The summed E-state index contributed by atoms with van der Waals surface area (Å²) in [6.07, 6.45) is -0.386. The molecule has 1 aliphatic heterocycles. The van der Waals surface area contributed by atoms with Gasteiger partial charge in [0.25, 0.3) is 0 Å². The second-order valence-electron chi connectivity index (χ2n) is 6.54. The molecule has 1 aliphatic rings. The molecule has 0 aromatic heterocycles. The summed E-state index contributed by atoms with van der Waals surface area (Å²) in [7, 11) is 0. The van der Waals surface area contributed by atoms with E-state index in [0.29, 0.717) is 0 Å². The van der Waals surface area contributed by atoms with Crippen LogP contribution in [0.3, 0.4) is 0 Å². The van der Waals surface area contributed by atoms with Crippen LogP contribution in [0.25, 0.3) is 0 Å². The van der Waals surface area contributed by atoms with Crippen LogP contribution in [0.1, 0.15) is 30.5 Å². The molecule has 1 atom stereocenters. The van der Waals surface area contributed by atoms with E-state index >= 15 is 0 Å². The maximum absolute atomic E-state index is 12.3. The van der Waals surface area contributed by atoms with Crippen LogP contribution in [0.5, 0.6) is 0 Å². The minimum absolute atomic E-state index is 0.0281. The Hall–Kier alpha value is -2.91. The van der Waals surface area contributed by atoms with E-state index in [-0.39, 0.29) is 12.1 Å². The molecule has 0 radical (unpaired) electrons. The molecule has 1 amide bonds. The number of para-hydroxylation sites is 1.